The highest BCUT2D eigenvalue weighted by Crippen LogP contribution is 2.30. The standard InChI is InChI=1S/C25H25Cl2N3O2/c1-3-6-16(4-2)13-17-7-5-11-30-23(24(17)31)19-15-29(12-10-22(19)28-30)25(32)18-8-9-20(26)21(27)14-18/h4,6,8-9,13-14H,2-3,5,7,10-12,15H2,1H3/b16-6+,17-13+. The fraction of sp³-hybridized carbons (Fsp3) is 0.320. The predicted octanol–water partition coefficient (Wildman–Crippen LogP) is 5.81. The van der Waals surface area contributed by atoms with E-state index in [1.807, 2.05) is 10.8 Å². The number of fused-ring (bicyclic) bond motifs is 3. The van der Waals surface area contributed by atoms with E-state index in [4.69, 9.17) is 28.3 Å². The summed E-state index contributed by atoms with van der Waals surface area (Å²) in [5.41, 5.74) is 4.56. The SMILES string of the molecule is C=CC(=C\CC)/C=C1\CCCn2nc3c(c2C1=O)CN(C(=O)c1ccc(Cl)c(Cl)c1)CC3. The van der Waals surface area contributed by atoms with Gasteiger partial charge in [0, 0.05) is 36.2 Å². The fourth-order valence-electron chi connectivity index (χ4n) is 4.29. The summed E-state index contributed by atoms with van der Waals surface area (Å²) in [4.78, 5) is 28.4. The Kier molecular flexibility index (Phi) is 6.68. The van der Waals surface area contributed by atoms with Gasteiger partial charge >= 0.3 is 0 Å². The van der Waals surface area contributed by atoms with Gasteiger partial charge in [-0.3, -0.25) is 14.3 Å². The van der Waals surface area contributed by atoms with Gasteiger partial charge in [0.15, 0.2) is 0 Å². The predicted molar refractivity (Wildman–Crippen MR) is 127 cm³/mol. The zero-order chi connectivity index (χ0) is 22.8. The first-order chi connectivity index (χ1) is 15.4. The van der Waals surface area contributed by atoms with E-state index in [2.05, 4.69) is 19.6 Å². The van der Waals surface area contributed by atoms with Gasteiger partial charge in [-0.25, -0.2) is 0 Å². The number of aromatic nitrogens is 2. The molecule has 166 valence electrons. The number of hydrogen-bond donors (Lipinski definition) is 0. The summed E-state index contributed by atoms with van der Waals surface area (Å²) in [7, 11) is 0. The van der Waals surface area contributed by atoms with Crippen molar-refractivity contribution in [2.75, 3.05) is 6.54 Å². The van der Waals surface area contributed by atoms with Gasteiger partial charge in [-0.2, -0.15) is 5.10 Å². The number of rotatable bonds is 4. The Hall–Kier alpha value is -2.63. The van der Waals surface area contributed by atoms with Crippen molar-refractivity contribution in [1.82, 2.24) is 14.7 Å². The van der Waals surface area contributed by atoms with Crippen LogP contribution in [0.1, 0.15) is 58.3 Å². The van der Waals surface area contributed by atoms with Crippen molar-refractivity contribution in [1.29, 1.82) is 0 Å². The van der Waals surface area contributed by atoms with Crippen molar-refractivity contribution in [3.63, 3.8) is 0 Å². The number of aryl methyl sites for hydroxylation is 1. The number of Topliss-reactive ketones (excluding diaryl/α,β-unsaturated/α-hetero) is 1. The molecule has 2 aromatic rings. The molecule has 3 heterocycles. The van der Waals surface area contributed by atoms with Crippen LogP contribution in [-0.2, 0) is 19.5 Å². The molecule has 0 saturated heterocycles. The summed E-state index contributed by atoms with van der Waals surface area (Å²) < 4.78 is 1.83. The molecule has 0 spiro atoms. The summed E-state index contributed by atoms with van der Waals surface area (Å²) in [5.74, 6) is -0.144. The van der Waals surface area contributed by atoms with Crippen LogP contribution < -0.4 is 0 Å². The molecule has 0 N–H and O–H groups in total. The maximum Gasteiger partial charge on any atom is 0.254 e. The lowest BCUT2D eigenvalue weighted by atomic mass is 9.96. The summed E-state index contributed by atoms with van der Waals surface area (Å²) >= 11 is 12.1. The summed E-state index contributed by atoms with van der Waals surface area (Å²) in [6.45, 7) is 7.50. The fourth-order valence-corrected chi connectivity index (χ4v) is 4.59. The average molecular weight is 470 g/mol. The number of carbonyl (C=O) groups is 2. The lowest BCUT2D eigenvalue weighted by Crippen LogP contribution is -2.36. The summed E-state index contributed by atoms with van der Waals surface area (Å²) in [6, 6.07) is 4.89. The van der Waals surface area contributed by atoms with E-state index >= 15 is 0 Å². The molecule has 5 nitrogen and oxygen atoms in total. The molecule has 1 aromatic heterocycles. The molecular weight excluding hydrogens is 445 g/mol. The highest BCUT2D eigenvalue weighted by molar-refractivity contribution is 6.42. The zero-order valence-corrected chi connectivity index (χ0v) is 19.5. The molecule has 0 fully saturated rings. The second-order valence-corrected chi connectivity index (χ2v) is 8.84. The average Bonchev–Trinajstić information content (AvgIpc) is 3.08. The zero-order valence-electron chi connectivity index (χ0n) is 18.0. The molecular formula is C25H25Cl2N3O2. The number of hydrogen-bond acceptors (Lipinski definition) is 3. The van der Waals surface area contributed by atoms with Crippen molar-refractivity contribution < 1.29 is 9.59 Å². The number of ketones is 1. The van der Waals surface area contributed by atoms with Crippen LogP contribution in [0, 0.1) is 0 Å². The van der Waals surface area contributed by atoms with E-state index in [0.717, 1.165) is 35.2 Å². The van der Waals surface area contributed by atoms with Crippen LogP contribution in [0.25, 0.3) is 0 Å². The maximum atomic E-state index is 13.5. The molecule has 32 heavy (non-hydrogen) atoms. The van der Waals surface area contributed by atoms with E-state index in [1.54, 1.807) is 29.2 Å². The molecule has 0 bridgehead atoms. The number of benzene rings is 1. The third kappa shape index (κ3) is 4.32. The second-order valence-electron chi connectivity index (χ2n) is 8.02. The Bertz CT molecular complexity index is 1160. The Morgan fingerprint density at radius 1 is 1.22 bits per heavy atom. The highest BCUT2D eigenvalue weighted by Gasteiger charge is 2.32. The van der Waals surface area contributed by atoms with Crippen LogP contribution >= 0.6 is 23.2 Å². The van der Waals surface area contributed by atoms with Gasteiger partial charge in [-0.15, -0.1) is 0 Å². The quantitative estimate of drug-likeness (QED) is 0.418. The van der Waals surface area contributed by atoms with Crippen LogP contribution in [-0.4, -0.2) is 32.9 Å². The minimum Gasteiger partial charge on any atom is -0.334 e. The van der Waals surface area contributed by atoms with E-state index < -0.39 is 0 Å². The van der Waals surface area contributed by atoms with Crippen molar-refractivity contribution in [2.24, 2.45) is 0 Å². The lowest BCUT2D eigenvalue weighted by Gasteiger charge is -2.27. The number of halogens is 2. The monoisotopic (exact) mass is 469 g/mol. The molecule has 0 atom stereocenters. The summed E-state index contributed by atoms with van der Waals surface area (Å²) in [5, 5.41) is 5.48. The second kappa shape index (κ2) is 9.47. The molecule has 4 rings (SSSR count). The smallest absolute Gasteiger partial charge is 0.254 e. The molecule has 2 aliphatic heterocycles. The van der Waals surface area contributed by atoms with Gasteiger partial charge in [0.25, 0.3) is 5.91 Å². The number of nitrogens with zero attached hydrogens (tertiary/aromatic N) is 3. The molecule has 0 saturated carbocycles. The van der Waals surface area contributed by atoms with Gasteiger partial charge < -0.3 is 4.90 Å². The van der Waals surface area contributed by atoms with E-state index in [-0.39, 0.29) is 11.7 Å². The van der Waals surface area contributed by atoms with Crippen molar-refractivity contribution >= 4 is 34.9 Å². The maximum absolute atomic E-state index is 13.5. The van der Waals surface area contributed by atoms with Gasteiger partial charge in [0.05, 0.1) is 22.3 Å². The molecule has 1 amide bonds. The van der Waals surface area contributed by atoms with Gasteiger partial charge in [-0.05, 0) is 49.1 Å². The van der Waals surface area contributed by atoms with E-state index in [0.29, 0.717) is 53.8 Å². The van der Waals surface area contributed by atoms with Crippen molar-refractivity contribution in [2.45, 2.75) is 45.7 Å². The van der Waals surface area contributed by atoms with Crippen LogP contribution in [0.15, 0.2) is 54.2 Å². The highest BCUT2D eigenvalue weighted by atomic mass is 35.5. The molecule has 0 radical (unpaired) electrons. The molecule has 1 aromatic carbocycles. The Morgan fingerprint density at radius 2 is 2.03 bits per heavy atom. The topological polar surface area (TPSA) is 55.2 Å². The largest absolute Gasteiger partial charge is 0.334 e. The van der Waals surface area contributed by atoms with Crippen LogP contribution in [0.5, 0.6) is 0 Å². The first-order valence-corrected chi connectivity index (χ1v) is 11.6. The number of allylic oxidation sites excluding steroid dienone is 5. The molecule has 7 heteroatoms. The Morgan fingerprint density at radius 3 is 2.75 bits per heavy atom. The number of carbonyl (C=O) groups excluding carboxylic acids is 2. The van der Waals surface area contributed by atoms with E-state index in [9.17, 15) is 9.59 Å². The van der Waals surface area contributed by atoms with E-state index in [1.165, 1.54) is 0 Å². The van der Waals surface area contributed by atoms with Crippen molar-refractivity contribution in [3.8, 4) is 0 Å². The minimum absolute atomic E-state index is 0.0102. The van der Waals surface area contributed by atoms with Gasteiger partial charge in [0.1, 0.15) is 5.69 Å². The van der Waals surface area contributed by atoms with Gasteiger partial charge in [0.2, 0.25) is 5.78 Å². The normalized spacial score (nSPS) is 17.7. The Balaban J connectivity index is 1.66. The van der Waals surface area contributed by atoms with Crippen LogP contribution in [0.3, 0.4) is 0 Å². The number of amides is 1. The first kappa shape index (κ1) is 22.6. The Labute approximate surface area is 198 Å². The van der Waals surface area contributed by atoms with Crippen molar-refractivity contribution in [3.05, 3.63) is 86.7 Å². The minimum atomic E-state index is -0.133. The van der Waals surface area contributed by atoms with Gasteiger partial charge in [-0.1, -0.05) is 48.9 Å². The summed E-state index contributed by atoms with van der Waals surface area (Å²) in [6.07, 6.45) is 8.79. The molecule has 0 aliphatic carbocycles. The third-order valence-electron chi connectivity index (χ3n) is 5.89. The first-order valence-electron chi connectivity index (χ1n) is 10.8. The van der Waals surface area contributed by atoms with Crippen LogP contribution in [0.2, 0.25) is 10.0 Å². The lowest BCUT2D eigenvalue weighted by molar-refractivity contribution is 0.0732. The third-order valence-corrected chi connectivity index (χ3v) is 6.63. The van der Waals surface area contributed by atoms with Crippen LogP contribution in [0.4, 0.5) is 0 Å². The molecule has 0 unspecified atom stereocenters. The molecule has 2 aliphatic rings.